The molecule has 1 aliphatic rings. The molecule has 1 fully saturated rings. The maximum Gasteiger partial charge on any atom is 0.416 e. The number of fused-ring (bicyclic) bond motifs is 1. The summed E-state index contributed by atoms with van der Waals surface area (Å²) in [7, 11) is 1.50. The molecule has 13 heteroatoms. The Morgan fingerprint density at radius 1 is 0.953 bits per heavy atom. The van der Waals surface area contributed by atoms with E-state index in [1.54, 1.807) is 24.4 Å². The van der Waals surface area contributed by atoms with Gasteiger partial charge in [0, 0.05) is 34.7 Å². The van der Waals surface area contributed by atoms with Crippen molar-refractivity contribution >= 4 is 45.5 Å². The average Bonchev–Trinajstić information content (AvgIpc) is 3.70. The molecule has 1 heterocycles. The molecule has 4 aromatic rings. The highest BCUT2D eigenvalue weighted by Crippen LogP contribution is 2.39. The lowest BCUT2D eigenvalue weighted by molar-refractivity contribution is -0.138. The Bertz CT molecular complexity index is 1720. The molecule has 5 N–H and O–H groups in total. The zero-order chi connectivity index (χ0) is 30.9. The number of anilines is 4. The van der Waals surface area contributed by atoms with Crippen molar-refractivity contribution in [2.24, 2.45) is 5.73 Å². The number of hydrogen-bond acceptors (Lipinski definition) is 7. The first kappa shape index (κ1) is 29.6. The van der Waals surface area contributed by atoms with E-state index in [0.717, 1.165) is 25.0 Å². The van der Waals surface area contributed by atoms with Crippen molar-refractivity contribution in [1.82, 2.24) is 4.98 Å². The highest BCUT2D eigenvalue weighted by Gasteiger charge is 2.39. The van der Waals surface area contributed by atoms with Crippen molar-refractivity contribution in [1.29, 1.82) is 0 Å². The second-order valence-corrected chi connectivity index (χ2v) is 10.3. The predicted octanol–water partition coefficient (Wildman–Crippen LogP) is 5.90. The minimum Gasteiger partial charge on any atom is -0.493 e. The number of aryl methyl sites for hydroxylation is 1. The Labute approximate surface area is 243 Å². The topological polar surface area (TPSA) is 128 Å². The molecular weight excluding hydrogens is 570 g/mol. The number of halogens is 4. The molecule has 9 nitrogen and oxygen atoms in total. The smallest absolute Gasteiger partial charge is 0.416 e. The number of benzene rings is 3. The van der Waals surface area contributed by atoms with Crippen molar-refractivity contribution in [3.63, 3.8) is 0 Å². The quantitative estimate of drug-likeness (QED) is 0.147. The van der Waals surface area contributed by atoms with E-state index >= 15 is 4.39 Å². The number of ether oxygens (including phenoxy) is 2. The molecule has 2 amide bonds. The van der Waals surface area contributed by atoms with Crippen LogP contribution in [0.2, 0.25) is 0 Å². The van der Waals surface area contributed by atoms with Crippen molar-refractivity contribution in [2.45, 2.75) is 31.5 Å². The van der Waals surface area contributed by atoms with Gasteiger partial charge in [-0.3, -0.25) is 14.6 Å². The normalized spacial score (nSPS) is 13.7. The van der Waals surface area contributed by atoms with Crippen LogP contribution in [0.25, 0.3) is 10.9 Å². The van der Waals surface area contributed by atoms with E-state index in [4.69, 9.17) is 15.2 Å². The molecule has 224 valence electrons. The fourth-order valence-corrected chi connectivity index (χ4v) is 4.28. The van der Waals surface area contributed by atoms with E-state index < -0.39 is 29.4 Å². The number of methoxy groups -OCH3 is 1. The first-order valence-electron chi connectivity index (χ1n) is 13.1. The number of carbonyl (C=O) groups is 2. The zero-order valence-electron chi connectivity index (χ0n) is 23.1. The molecule has 0 atom stereocenters. The van der Waals surface area contributed by atoms with Crippen LogP contribution in [0.1, 0.15) is 24.0 Å². The van der Waals surface area contributed by atoms with Crippen LogP contribution >= 0.6 is 0 Å². The SMILES string of the molecule is COc1cc2c(Nc3ccc(NC(=O)C(=O)Nc4ccc(C)c(C(F)(F)F)c4)cc3F)ccnc2cc1OCC1(N)CC1. The average molecular weight is 598 g/mol. The molecule has 1 aromatic heterocycles. The van der Waals surface area contributed by atoms with Crippen LogP contribution in [-0.4, -0.2) is 36.1 Å². The summed E-state index contributed by atoms with van der Waals surface area (Å²) in [6.07, 6.45) is -1.31. The van der Waals surface area contributed by atoms with Crippen molar-refractivity contribution in [2.75, 3.05) is 29.7 Å². The van der Waals surface area contributed by atoms with E-state index in [9.17, 15) is 22.8 Å². The number of amides is 2. The molecule has 3 aromatic carbocycles. The fraction of sp³-hybridized carbons (Fsp3) is 0.233. The lowest BCUT2D eigenvalue weighted by atomic mass is 10.1. The summed E-state index contributed by atoms with van der Waals surface area (Å²) in [5.74, 6) is -2.23. The standard InChI is InChI=1S/C30H27F4N5O4/c1-16-3-4-17(11-20(16)30(32,33)34)37-27(40)28(41)38-18-5-6-23(21(31)12-18)39-22-7-10-36-24-14-26(25(42-2)13-19(22)24)43-15-29(35)8-9-29/h3-7,10-14H,8-9,15,35H2,1-2H3,(H,36,39)(H,37,40)(H,38,41). The third-order valence-electron chi connectivity index (χ3n) is 6.94. The molecule has 0 radical (unpaired) electrons. The Morgan fingerprint density at radius 3 is 2.26 bits per heavy atom. The minimum absolute atomic E-state index is 0.0364. The number of nitrogens with two attached hydrogens (primary N) is 1. The van der Waals surface area contributed by atoms with Gasteiger partial charge in [0.1, 0.15) is 12.4 Å². The van der Waals surface area contributed by atoms with E-state index in [0.29, 0.717) is 34.7 Å². The number of nitrogens with zero attached hydrogens (tertiary/aromatic N) is 1. The maximum absolute atomic E-state index is 15.1. The monoisotopic (exact) mass is 597 g/mol. The van der Waals surface area contributed by atoms with E-state index in [1.807, 2.05) is 0 Å². The van der Waals surface area contributed by atoms with Crippen LogP contribution in [-0.2, 0) is 15.8 Å². The van der Waals surface area contributed by atoms with Gasteiger partial charge in [0.15, 0.2) is 11.5 Å². The van der Waals surface area contributed by atoms with Crippen molar-refractivity contribution in [3.05, 3.63) is 77.7 Å². The number of rotatable bonds is 8. The molecule has 0 unspecified atom stereocenters. The van der Waals surface area contributed by atoms with E-state index in [2.05, 4.69) is 20.9 Å². The number of carbonyl (C=O) groups excluding carboxylic acids is 2. The molecule has 5 rings (SSSR count). The largest absolute Gasteiger partial charge is 0.493 e. The van der Waals surface area contributed by atoms with E-state index in [-0.39, 0.29) is 28.2 Å². The first-order valence-corrected chi connectivity index (χ1v) is 13.1. The van der Waals surface area contributed by atoms with Gasteiger partial charge in [-0.25, -0.2) is 4.39 Å². The van der Waals surface area contributed by atoms with Crippen LogP contribution in [0.3, 0.4) is 0 Å². The molecule has 43 heavy (non-hydrogen) atoms. The van der Waals surface area contributed by atoms with Gasteiger partial charge in [0.25, 0.3) is 0 Å². The van der Waals surface area contributed by atoms with Gasteiger partial charge >= 0.3 is 18.0 Å². The van der Waals surface area contributed by atoms with Gasteiger partial charge in [-0.15, -0.1) is 0 Å². The summed E-state index contributed by atoms with van der Waals surface area (Å²) in [5.41, 5.74) is 5.70. The summed E-state index contributed by atoms with van der Waals surface area (Å²) in [5, 5.41) is 7.98. The fourth-order valence-electron chi connectivity index (χ4n) is 4.28. The molecule has 1 aliphatic carbocycles. The molecule has 0 saturated heterocycles. The number of alkyl halides is 3. The number of pyridine rings is 1. The van der Waals surface area contributed by atoms with E-state index in [1.165, 1.54) is 38.3 Å². The highest BCUT2D eigenvalue weighted by atomic mass is 19.4. The first-order chi connectivity index (χ1) is 20.3. The van der Waals surface area contributed by atoms with Crippen LogP contribution in [0.15, 0.2) is 60.8 Å². The van der Waals surface area contributed by atoms with Gasteiger partial charge in [0.2, 0.25) is 0 Å². The lowest BCUT2D eigenvalue weighted by Crippen LogP contribution is -2.29. The Balaban J connectivity index is 1.28. The minimum atomic E-state index is -4.63. The van der Waals surface area contributed by atoms with Gasteiger partial charge in [-0.2, -0.15) is 13.2 Å². The van der Waals surface area contributed by atoms with Crippen LogP contribution in [0, 0.1) is 12.7 Å². The number of hydrogen-bond donors (Lipinski definition) is 4. The third kappa shape index (κ3) is 6.78. The van der Waals surface area contributed by atoms with Gasteiger partial charge in [0.05, 0.1) is 29.4 Å². The Kier molecular flexibility index (Phi) is 7.84. The maximum atomic E-state index is 15.1. The summed E-state index contributed by atoms with van der Waals surface area (Å²) in [4.78, 5) is 29.1. The molecule has 0 aliphatic heterocycles. The number of aromatic nitrogens is 1. The van der Waals surface area contributed by atoms with Crippen molar-refractivity contribution in [3.8, 4) is 11.5 Å². The van der Waals surface area contributed by atoms with Gasteiger partial charge < -0.3 is 31.2 Å². The number of nitrogens with one attached hydrogen (secondary N) is 3. The lowest BCUT2D eigenvalue weighted by Gasteiger charge is -2.16. The van der Waals surface area contributed by atoms with Crippen LogP contribution < -0.4 is 31.2 Å². The molecule has 1 saturated carbocycles. The molecule has 0 spiro atoms. The third-order valence-corrected chi connectivity index (χ3v) is 6.94. The summed E-state index contributed by atoms with van der Waals surface area (Å²) in [6, 6.07) is 11.9. The zero-order valence-corrected chi connectivity index (χ0v) is 23.1. The second kappa shape index (κ2) is 11.4. The van der Waals surface area contributed by atoms with Gasteiger partial charge in [-0.05, 0) is 67.8 Å². The van der Waals surface area contributed by atoms with Gasteiger partial charge in [-0.1, -0.05) is 6.07 Å². The molecular formula is C30H27F4N5O4. The summed E-state index contributed by atoms with van der Waals surface area (Å²) in [6.45, 7) is 1.62. The second-order valence-electron chi connectivity index (χ2n) is 10.3. The Hall–Kier alpha value is -4.91. The predicted molar refractivity (Wildman–Crippen MR) is 153 cm³/mol. The molecule has 0 bridgehead atoms. The highest BCUT2D eigenvalue weighted by molar-refractivity contribution is 6.43. The summed E-state index contributed by atoms with van der Waals surface area (Å²) >= 11 is 0. The van der Waals surface area contributed by atoms with Crippen LogP contribution in [0.5, 0.6) is 11.5 Å². The van der Waals surface area contributed by atoms with Crippen molar-refractivity contribution < 1.29 is 36.6 Å². The Morgan fingerprint density at radius 2 is 1.63 bits per heavy atom. The summed E-state index contributed by atoms with van der Waals surface area (Å²) < 4.78 is 65.9. The van der Waals surface area contributed by atoms with Crippen LogP contribution in [0.4, 0.5) is 40.3 Å².